The highest BCUT2D eigenvalue weighted by atomic mass is 16.3. The van der Waals surface area contributed by atoms with Crippen molar-refractivity contribution in [2.24, 2.45) is 0 Å². The summed E-state index contributed by atoms with van der Waals surface area (Å²) in [5, 5.41) is 14.6. The van der Waals surface area contributed by atoms with E-state index in [4.69, 9.17) is 4.42 Å². The summed E-state index contributed by atoms with van der Waals surface area (Å²) >= 11 is 0. The van der Waals surface area contributed by atoms with Gasteiger partial charge in [0.1, 0.15) is 11.2 Å². The predicted octanol–water partition coefficient (Wildman–Crippen LogP) is 14.4. The van der Waals surface area contributed by atoms with Gasteiger partial charge in [-0.2, -0.15) is 0 Å². The number of rotatable bonds is 3. The van der Waals surface area contributed by atoms with Crippen LogP contribution in [0.2, 0.25) is 0 Å². The summed E-state index contributed by atoms with van der Waals surface area (Å²) in [4.78, 5) is 0. The minimum atomic E-state index is 0.908. The van der Waals surface area contributed by atoms with Gasteiger partial charge in [-0.25, -0.2) is 0 Å². The molecule has 0 atom stereocenters. The predicted molar refractivity (Wildman–Crippen MR) is 218 cm³/mol. The third-order valence-electron chi connectivity index (χ3n) is 10.8. The molecule has 51 heavy (non-hydrogen) atoms. The molecule has 1 aromatic heterocycles. The molecule has 0 spiro atoms. The van der Waals surface area contributed by atoms with E-state index in [2.05, 4.69) is 182 Å². The molecule has 1 heterocycles. The highest BCUT2D eigenvalue weighted by Gasteiger charge is 2.22. The number of benzene rings is 10. The molecule has 0 aliphatic heterocycles. The van der Waals surface area contributed by atoms with Crippen molar-refractivity contribution < 1.29 is 4.42 Å². The van der Waals surface area contributed by atoms with Gasteiger partial charge in [0.25, 0.3) is 0 Å². The van der Waals surface area contributed by atoms with Crippen LogP contribution in [0.15, 0.2) is 186 Å². The first-order valence-corrected chi connectivity index (χ1v) is 17.6. The maximum absolute atomic E-state index is 6.68. The van der Waals surface area contributed by atoms with Crippen LogP contribution >= 0.6 is 0 Å². The van der Waals surface area contributed by atoms with Gasteiger partial charge in [0, 0.05) is 16.2 Å². The number of hydrogen-bond donors (Lipinski definition) is 0. The average molecular weight is 647 g/mol. The van der Waals surface area contributed by atoms with E-state index in [1.807, 2.05) is 0 Å². The van der Waals surface area contributed by atoms with Gasteiger partial charge in [-0.15, -0.1) is 0 Å². The molecule has 0 bridgehead atoms. The van der Waals surface area contributed by atoms with Crippen molar-refractivity contribution in [3.8, 4) is 33.4 Å². The van der Waals surface area contributed by atoms with E-state index in [-0.39, 0.29) is 0 Å². The van der Waals surface area contributed by atoms with Gasteiger partial charge in [0.05, 0.1) is 0 Å². The zero-order valence-corrected chi connectivity index (χ0v) is 27.7. The van der Waals surface area contributed by atoms with Gasteiger partial charge >= 0.3 is 0 Å². The molecule has 11 rings (SSSR count). The first-order chi connectivity index (χ1) is 25.3. The maximum atomic E-state index is 6.68. The lowest BCUT2D eigenvalue weighted by Crippen LogP contribution is -1.93. The molecule has 0 saturated heterocycles. The fourth-order valence-corrected chi connectivity index (χ4v) is 8.67. The molecule has 0 radical (unpaired) electrons. The van der Waals surface area contributed by atoms with E-state index in [1.54, 1.807) is 0 Å². The zero-order valence-electron chi connectivity index (χ0n) is 27.7. The largest absolute Gasteiger partial charge is 0.455 e. The number of furan rings is 1. The summed E-state index contributed by atoms with van der Waals surface area (Å²) in [7, 11) is 0. The van der Waals surface area contributed by atoms with Crippen LogP contribution in [0.4, 0.5) is 0 Å². The fourth-order valence-electron chi connectivity index (χ4n) is 8.67. The van der Waals surface area contributed by atoms with Crippen LogP contribution in [0.3, 0.4) is 0 Å². The van der Waals surface area contributed by atoms with Crippen LogP contribution in [0.1, 0.15) is 0 Å². The summed E-state index contributed by atoms with van der Waals surface area (Å²) in [6.45, 7) is 0. The smallest absolute Gasteiger partial charge is 0.143 e. The van der Waals surface area contributed by atoms with Crippen molar-refractivity contribution in [3.05, 3.63) is 182 Å². The van der Waals surface area contributed by atoms with E-state index in [1.165, 1.54) is 81.9 Å². The SMILES string of the molecule is c1ccc(-c2ccc(-c3c4ccccc4c(-c4cccc5oc6c7ccccc7ccc6c45)c4ccccc34)c3ccc4ccccc4c23)cc1. The minimum absolute atomic E-state index is 0.908. The van der Waals surface area contributed by atoms with Crippen LogP contribution in [-0.2, 0) is 0 Å². The maximum Gasteiger partial charge on any atom is 0.143 e. The molecule has 1 nitrogen and oxygen atoms in total. The molecule has 0 aliphatic carbocycles. The van der Waals surface area contributed by atoms with Crippen molar-refractivity contribution in [3.63, 3.8) is 0 Å². The summed E-state index contributed by atoms with van der Waals surface area (Å²) in [6.07, 6.45) is 0. The number of fused-ring (bicyclic) bond motifs is 10. The third-order valence-corrected chi connectivity index (χ3v) is 10.8. The molecule has 0 aliphatic rings. The second-order valence-corrected chi connectivity index (χ2v) is 13.5. The summed E-state index contributed by atoms with van der Waals surface area (Å²) in [5.74, 6) is 0. The average Bonchev–Trinajstić information content (AvgIpc) is 3.60. The molecular formula is C50H30O. The fraction of sp³-hybridized carbons (Fsp3) is 0. The normalized spacial score (nSPS) is 11.9. The van der Waals surface area contributed by atoms with Crippen LogP contribution in [0.25, 0.3) is 109 Å². The van der Waals surface area contributed by atoms with Gasteiger partial charge in [-0.1, -0.05) is 170 Å². The standard InChI is InChI=1S/C50H30O/c1-2-13-31(14-3-1)35-29-30-42(41-27-25-32-15-4-6-17-34(32)46(35)41)47-37-19-8-10-21-39(37)48(40-22-11-9-20-38(40)47)43-23-12-24-45-49(43)44-28-26-33-16-5-7-18-36(33)50(44)51-45/h1-30H. The second kappa shape index (κ2) is 10.9. The molecule has 0 fully saturated rings. The quantitative estimate of drug-likeness (QED) is 0.138. The Balaban J connectivity index is 1.27. The van der Waals surface area contributed by atoms with Crippen LogP contribution < -0.4 is 0 Å². The van der Waals surface area contributed by atoms with Crippen molar-refractivity contribution in [2.45, 2.75) is 0 Å². The first-order valence-electron chi connectivity index (χ1n) is 17.6. The Hall–Kier alpha value is -6.70. The topological polar surface area (TPSA) is 13.1 Å². The van der Waals surface area contributed by atoms with Gasteiger partial charge < -0.3 is 4.42 Å². The van der Waals surface area contributed by atoms with Crippen LogP contribution in [-0.4, -0.2) is 0 Å². The lowest BCUT2D eigenvalue weighted by molar-refractivity contribution is 0.673. The van der Waals surface area contributed by atoms with Gasteiger partial charge in [-0.3, -0.25) is 0 Å². The highest BCUT2D eigenvalue weighted by molar-refractivity contribution is 6.29. The van der Waals surface area contributed by atoms with Gasteiger partial charge in [0.2, 0.25) is 0 Å². The molecular weight excluding hydrogens is 617 g/mol. The Morgan fingerprint density at radius 3 is 1.49 bits per heavy atom. The van der Waals surface area contributed by atoms with Crippen molar-refractivity contribution in [1.82, 2.24) is 0 Å². The van der Waals surface area contributed by atoms with E-state index < -0.39 is 0 Å². The molecule has 0 unspecified atom stereocenters. The summed E-state index contributed by atoms with van der Waals surface area (Å²) < 4.78 is 6.68. The van der Waals surface area contributed by atoms with E-state index >= 15 is 0 Å². The summed E-state index contributed by atoms with van der Waals surface area (Å²) in [5.41, 5.74) is 9.26. The Kier molecular flexibility index (Phi) is 6.02. The Morgan fingerprint density at radius 1 is 0.275 bits per heavy atom. The first kappa shape index (κ1) is 28.2. The second-order valence-electron chi connectivity index (χ2n) is 13.5. The molecule has 236 valence electrons. The lowest BCUT2D eigenvalue weighted by atomic mass is 9.82. The monoisotopic (exact) mass is 646 g/mol. The van der Waals surface area contributed by atoms with Crippen molar-refractivity contribution in [2.75, 3.05) is 0 Å². The van der Waals surface area contributed by atoms with E-state index in [0.29, 0.717) is 0 Å². The van der Waals surface area contributed by atoms with Crippen LogP contribution in [0.5, 0.6) is 0 Å². The summed E-state index contributed by atoms with van der Waals surface area (Å²) in [6, 6.07) is 66.3. The Bertz CT molecular complexity index is 3130. The Morgan fingerprint density at radius 2 is 0.804 bits per heavy atom. The molecule has 1 heteroatoms. The third kappa shape index (κ3) is 4.09. The minimum Gasteiger partial charge on any atom is -0.455 e. The molecule has 0 amide bonds. The molecule has 10 aromatic carbocycles. The molecule has 11 aromatic rings. The van der Waals surface area contributed by atoms with Crippen molar-refractivity contribution >= 4 is 75.8 Å². The van der Waals surface area contributed by atoms with Gasteiger partial charge in [0.15, 0.2) is 0 Å². The van der Waals surface area contributed by atoms with E-state index in [0.717, 1.165) is 27.3 Å². The highest BCUT2D eigenvalue weighted by Crippen LogP contribution is 2.49. The van der Waals surface area contributed by atoms with Crippen molar-refractivity contribution in [1.29, 1.82) is 0 Å². The lowest BCUT2D eigenvalue weighted by Gasteiger charge is -2.20. The van der Waals surface area contributed by atoms with Gasteiger partial charge in [-0.05, 0) is 94.0 Å². The number of hydrogen-bond acceptors (Lipinski definition) is 1. The molecule has 0 N–H and O–H groups in total. The van der Waals surface area contributed by atoms with Crippen LogP contribution in [0, 0.1) is 0 Å². The van der Waals surface area contributed by atoms with E-state index in [9.17, 15) is 0 Å². The Labute approximate surface area is 294 Å². The zero-order chi connectivity index (χ0) is 33.5. The molecule has 0 saturated carbocycles.